The lowest BCUT2D eigenvalue weighted by molar-refractivity contribution is 1.07. The van der Waals surface area contributed by atoms with E-state index in [-0.39, 0.29) is 0 Å². The fraction of sp³-hybridized carbons (Fsp3) is 0. The monoisotopic (exact) mass is 839 g/mol. The Bertz CT molecular complexity index is 4200. The Kier molecular flexibility index (Phi) is 7.91. The standard InChI is InChI=1S/C61H37N5/c1-2-20-41-36-55-51(35-40(41)19-1)46-27-9-12-32-52(46)66(55)58-45-26-8-5-21-42(45)37-56-57(58)49-28-10-13-33-53(49)65(56)54-34-14-11-29-50(54)61-63-59(47-30-15-22-38-17-3-6-24-43(38)47)62-60(64-61)48-31-16-23-39-18-4-7-25-44(39)48/h1-37H. The molecule has 0 spiro atoms. The van der Waals surface area contributed by atoms with Crippen LogP contribution in [0.5, 0.6) is 0 Å². The third kappa shape index (κ3) is 5.44. The summed E-state index contributed by atoms with van der Waals surface area (Å²) in [5.41, 5.74) is 9.52. The Balaban J connectivity index is 1.09. The van der Waals surface area contributed by atoms with E-state index in [1.54, 1.807) is 0 Å². The second kappa shape index (κ2) is 14.3. The Morgan fingerprint density at radius 3 is 1.36 bits per heavy atom. The molecule has 0 bridgehead atoms. The molecule has 14 aromatic rings. The lowest BCUT2D eigenvalue weighted by atomic mass is 10.0. The molecule has 3 heterocycles. The molecule has 0 atom stereocenters. The zero-order chi connectivity index (χ0) is 43.3. The predicted molar refractivity (Wildman–Crippen MR) is 275 cm³/mol. The van der Waals surface area contributed by atoms with Gasteiger partial charge in [-0.15, -0.1) is 0 Å². The summed E-state index contributed by atoms with van der Waals surface area (Å²) in [7, 11) is 0. The van der Waals surface area contributed by atoms with E-state index >= 15 is 0 Å². The van der Waals surface area contributed by atoms with Crippen LogP contribution in [0.4, 0.5) is 0 Å². The van der Waals surface area contributed by atoms with Crippen LogP contribution in [0.2, 0.25) is 0 Å². The van der Waals surface area contributed by atoms with E-state index in [2.05, 4.69) is 234 Å². The molecule has 5 nitrogen and oxygen atoms in total. The normalized spacial score (nSPS) is 11.9. The van der Waals surface area contributed by atoms with Crippen molar-refractivity contribution >= 4 is 86.7 Å². The first kappa shape index (κ1) is 36.5. The number of aromatic nitrogens is 5. The smallest absolute Gasteiger partial charge is 0.166 e. The highest BCUT2D eigenvalue weighted by Gasteiger charge is 2.25. The second-order valence-corrected chi connectivity index (χ2v) is 17.1. The van der Waals surface area contributed by atoms with Crippen LogP contribution in [-0.4, -0.2) is 24.1 Å². The van der Waals surface area contributed by atoms with Gasteiger partial charge in [-0.1, -0.05) is 182 Å². The quantitative estimate of drug-likeness (QED) is 0.173. The number of benzene rings is 11. The number of rotatable bonds is 5. The van der Waals surface area contributed by atoms with E-state index in [1.165, 1.54) is 48.7 Å². The predicted octanol–water partition coefficient (Wildman–Crippen LogP) is 15.7. The Hall–Kier alpha value is -8.93. The van der Waals surface area contributed by atoms with Crippen LogP contribution in [-0.2, 0) is 0 Å². The zero-order valence-corrected chi connectivity index (χ0v) is 35.6. The summed E-state index contributed by atoms with van der Waals surface area (Å²) in [5.74, 6) is 1.86. The second-order valence-electron chi connectivity index (χ2n) is 17.1. The van der Waals surface area contributed by atoms with Crippen LogP contribution in [0.25, 0.3) is 132 Å². The maximum atomic E-state index is 5.42. The minimum atomic E-state index is 0.604. The SMILES string of the molecule is c1ccc(-n2c3ccccc3c3c(-n4c5ccccc5c5cc6ccccc6cc54)c4ccccc4cc32)c(-c2nc(-c3cccc4ccccc34)nc(-c3cccc4ccccc34)n2)c1. The first-order valence-electron chi connectivity index (χ1n) is 22.4. The molecule has 66 heavy (non-hydrogen) atoms. The van der Waals surface area contributed by atoms with Crippen LogP contribution < -0.4 is 0 Å². The van der Waals surface area contributed by atoms with E-state index in [9.17, 15) is 0 Å². The number of hydrogen-bond donors (Lipinski definition) is 0. The third-order valence-electron chi connectivity index (χ3n) is 13.5. The van der Waals surface area contributed by atoms with Crippen LogP contribution in [0.1, 0.15) is 0 Å². The van der Waals surface area contributed by atoms with Crippen molar-refractivity contribution in [2.45, 2.75) is 0 Å². The fourth-order valence-corrected chi connectivity index (χ4v) is 10.6. The molecule has 0 saturated carbocycles. The lowest BCUT2D eigenvalue weighted by Crippen LogP contribution is -2.04. The highest BCUT2D eigenvalue weighted by atomic mass is 15.1. The summed E-state index contributed by atoms with van der Waals surface area (Å²) in [4.78, 5) is 16.1. The minimum Gasteiger partial charge on any atom is -0.308 e. The van der Waals surface area contributed by atoms with Crippen LogP contribution in [0.15, 0.2) is 224 Å². The number of para-hydroxylation sites is 3. The summed E-state index contributed by atoms with van der Waals surface area (Å²) in [6, 6.07) is 80.5. The average molecular weight is 840 g/mol. The molecular weight excluding hydrogens is 803 g/mol. The molecular formula is C61H37N5. The van der Waals surface area contributed by atoms with Gasteiger partial charge in [-0.25, -0.2) is 15.0 Å². The molecule has 3 aromatic heterocycles. The topological polar surface area (TPSA) is 48.5 Å². The van der Waals surface area contributed by atoms with Gasteiger partial charge in [-0.3, -0.25) is 0 Å². The average Bonchev–Trinajstić information content (AvgIpc) is 3.88. The van der Waals surface area contributed by atoms with E-state index < -0.39 is 0 Å². The van der Waals surface area contributed by atoms with Gasteiger partial charge in [0.15, 0.2) is 17.5 Å². The Labute approximate surface area is 379 Å². The zero-order valence-electron chi connectivity index (χ0n) is 35.6. The van der Waals surface area contributed by atoms with Crippen molar-refractivity contribution in [1.29, 1.82) is 0 Å². The van der Waals surface area contributed by atoms with E-state index in [1.807, 2.05) is 0 Å². The molecule has 0 saturated heterocycles. The number of nitrogens with zero attached hydrogens (tertiary/aromatic N) is 5. The molecule has 0 aliphatic rings. The minimum absolute atomic E-state index is 0.604. The van der Waals surface area contributed by atoms with Crippen molar-refractivity contribution < 1.29 is 0 Å². The molecule has 0 amide bonds. The van der Waals surface area contributed by atoms with Crippen LogP contribution in [0.3, 0.4) is 0 Å². The van der Waals surface area contributed by atoms with Gasteiger partial charge in [-0.05, 0) is 80.2 Å². The lowest BCUT2D eigenvalue weighted by Gasteiger charge is -2.17. The molecule has 0 aliphatic carbocycles. The van der Waals surface area contributed by atoms with Crippen molar-refractivity contribution in [3.63, 3.8) is 0 Å². The van der Waals surface area contributed by atoms with Crippen molar-refractivity contribution in [3.05, 3.63) is 224 Å². The summed E-state index contributed by atoms with van der Waals surface area (Å²) >= 11 is 0. The third-order valence-corrected chi connectivity index (χ3v) is 13.5. The van der Waals surface area contributed by atoms with Crippen molar-refractivity contribution in [3.8, 4) is 45.5 Å². The summed E-state index contributed by atoms with van der Waals surface area (Å²) < 4.78 is 4.95. The molecule has 306 valence electrons. The highest BCUT2D eigenvalue weighted by molar-refractivity contribution is 6.23. The van der Waals surface area contributed by atoms with Crippen molar-refractivity contribution in [1.82, 2.24) is 24.1 Å². The largest absolute Gasteiger partial charge is 0.308 e. The van der Waals surface area contributed by atoms with Gasteiger partial charge < -0.3 is 9.13 Å². The van der Waals surface area contributed by atoms with Crippen LogP contribution >= 0.6 is 0 Å². The molecule has 0 unspecified atom stereocenters. The fourth-order valence-electron chi connectivity index (χ4n) is 10.6. The van der Waals surface area contributed by atoms with Crippen molar-refractivity contribution in [2.24, 2.45) is 0 Å². The first-order valence-corrected chi connectivity index (χ1v) is 22.4. The van der Waals surface area contributed by atoms with E-state index in [0.29, 0.717) is 17.5 Å². The molecule has 0 aliphatic heterocycles. The van der Waals surface area contributed by atoms with E-state index in [0.717, 1.165) is 66.0 Å². The van der Waals surface area contributed by atoms with E-state index in [4.69, 9.17) is 15.0 Å². The molecule has 0 fully saturated rings. The van der Waals surface area contributed by atoms with Gasteiger partial charge in [-0.2, -0.15) is 0 Å². The molecule has 5 heteroatoms. The molecule has 0 radical (unpaired) electrons. The summed E-state index contributed by atoms with van der Waals surface area (Å²) in [6.07, 6.45) is 0. The Morgan fingerprint density at radius 1 is 0.258 bits per heavy atom. The maximum absolute atomic E-state index is 5.42. The summed E-state index contributed by atoms with van der Waals surface area (Å²) in [6.45, 7) is 0. The Morgan fingerprint density at radius 2 is 0.697 bits per heavy atom. The maximum Gasteiger partial charge on any atom is 0.166 e. The molecule has 11 aromatic carbocycles. The van der Waals surface area contributed by atoms with Gasteiger partial charge >= 0.3 is 0 Å². The van der Waals surface area contributed by atoms with Crippen molar-refractivity contribution in [2.75, 3.05) is 0 Å². The highest BCUT2D eigenvalue weighted by Crippen LogP contribution is 2.45. The van der Waals surface area contributed by atoms with Gasteiger partial charge in [0.05, 0.1) is 33.4 Å². The van der Waals surface area contributed by atoms with Gasteiger partial charge in [0.2, 0.25) is 0 Å². The first-order chi connectivity index (χ1) is 32.7. The molecule has 0 N–H and O–H groups in total. The number of hydrogen-bond acceptors (Lipinski definition) is 3. The summed E-state index contributed by atoms with van der Waals surface area (Å²) in [5, 5.41) is 14.0. The van der Waals surface area contributed by atoms with Gasteiger partial charge in [0, 0.05) is 43.6 Å². The molecule has 14 rings (SSSR count). The van der Waals surface area contributed by atoms with Gasteiger partial charge in [0.25, 0.3) is 0 Å². The number of fused-ring (bicyclic) bond motifs is 10. The van der Waals surface area contributed by atoms with Gasteiger partial charge in [0.1, 0.15) is 0 Å². The van der Waals surface area contributed by atoms with Crippen LogP contribution in [0, 0.1) is 0 Å².